The van der Waals surface area contributed by atoms with Crippen LogP contribution < -0.4 is 20.1 Å². The Kier molecular flexibility index (Phi) is 6.59. The summed E-state index contributed by atoms with van der Waals surface area (Å²) in [5.74, 6) is 0.384. The first-order chi connectivity index (χ1) is 16.5. The molecule has 3 aromatic rings. The molecule has 0 saturated carbocycles. The van der Waals surface area contributed by atoms with Gasteiger partial charge in [0.1, 0.15) is 23.7 Å². The maximum Gasteiger partial charge on any atom is 0.329 e. The van der Waals surface area contributed by atoms with Crippen molar-refractivity contribution in [3.05, 3.63) is 84.1 Å². The van der Waals surface area contributed by atoms with Crippen molar-refractivity contribution >= 4 is 29.6 Å². The first kappa shape index (κ1) is 22.6. The minimum absolute atomic E-state index is 0.111. The van der Waals surface area contributed by atoms with Crippen LogP contribution >= 0.6 is 0 Å². The molecular formula is C26H23N3O5. The van der Waals surface area contributed by atoms with E-state index in [1.807, 2.05) is 48.5 Å². The molecule has 0 radical (unpaired) electrons. The average molecular weight is 457 g/mol. The minimum atomic E-state index is -0.643. The molecule has 0 aliphatic carbocycles. The highest BCUT2D eigenvalue weighted by molar-refractivity contribution is 6.15. The standard InChI is InChI=1S/C26H23N3O5/c1-33-21-11-7-19(8-12-21)18-5-3-17(4-6-18)15-23-25(31)29(26(32)28-23)16-24(30)27-20-9-13-22(34-2)14-10-20/h3-15H,16H2,1-2H3,(H,27,30)(H,28,32). The van der Waals surface area contributed by atoms with Gasteiger partial charge in [0.05, 0.1) is 14.2 Å². The van der Waals surface area contributed by atoms with Gasteiger partial charge >= 0.3 is 6.03 Å². The monoisotopic (exact) mass is 457 g/mol. The quantitative estimate of drug-likeness (QED) is 0.414. The summed E-state index contributed by atoms with van der Waals surface area (Å²) in [5.41, 5.74) is 3.41. The number of urea groups is 1. The molecule has 34 heavy (non-hydrogen) atoms. The van der Waals surface area contributed by atoms with E-state index >= 15 is 0 Å². The van der Waals surface area contributed by atoms with Crippen LogP contribution in [0.1, 0.15) is 5.56 Å². The van der Waals surface area contributed by atoms with E-state index in [2.05, 4.69) is 10.6 Å². The van der Waals surface area contributed by atoms with Crippen LogP contribution in [0.2, 0.25) is 0 Å². The van der Waals surface area contributed by atoms with Crippen LogP contribution in [0.5, 0.6) is 11.5 Å². The van der Waals surface area contributed by atoms with Gasteiger partial charge in [-0.05, 0) is 59.2 Å². The number of hydrogen-bond donors (Lipinski definition) is 2. The summed E-state index contributed by atoms with van der Waals surface area (Å²) >= 11 is 0. The van der Waals surface area contributed by atoms with E-state index in [0.29, 0.717) is 11.4 Å². The van der Waals surface area contributed by atoms with Gasteiger partial charge in [-0.1, -0.05) is 36.4 Å². The van der Waals surface area contributed by atoms with Gasteiger partial charge in [0.15, 0.2) is 0 Å². The van der Waals surface area contributed by atoms with Crippen LogP contribution in [0, 0.1) is 0 Å². The second-order valence-electron chi connectivity index (χ2n) is 7.51. The van der Waals surface area contributed by atoms with Crippen molar-refractivity contribution < 1.29 is 23.9 Å². The predicted octanol–water partition coefficient (Wildman–Crippen LogP) is 3.90. The molecule has 2 N–H and O–H groups in total. The summed E-state index contributed by atoms with van der Waals surface area (Å²) in [6, 6.07) is 21.3. The lowest BCUT2D eigenvalue weighted by atomic mass is 10.0. The highest BCUT2D eigenvalue weighted by Crippen LogP contribution is 2.24. The predicted molar refractivity (Wildman–Crippen MR) is 128 cm³/mol. The third-order valence-electron chi connectivity index (χ3n) is 5.28. The van der Waals surface area contributed by atoms with Crippen LogP contribution in [-0.2, 0) is 9.59 Å². The van der Waals surface area contributed by atoms with Crippen LogP contribution in [0.3, 0.4) is 0 Å². The maximum absolute atomic E-state index is 12.7. The molecule has 1 saturated heterocycles. The van der Waals surface area contributed by atoms with E-state index in [9.17, 15) is 14.4 Å². The van der Waals surface area contributed by atoms with E-state index < -0.39 is 24.4 Å². The fourth-order valence-electron chi connectivity index (χ4n) is 3.46. The van der Waals surface area contributed by atoms with E-state index in [4.69, 9.17) is 9.47 Å². The summed E-state index contributed by atoms with van der Waals surface area (Å²) in [6.45, 7) is -0.398. The largest absolute Gasteiger partial charge is 0.497 e. The molecule has 4 rings (SSSR count). The van der Waals surface area contributed by atoms with Crippen molar-refractivity contribution in [1.82, 2.24) is 10.2 Å². The summed E-state index contributed by atoms with van der Waals surface area (Å²) in [6.07, 6.45) is 1.58. The molecule has 0 spiro atoms. The molecule has 4 amide bonds. The van der Waals surface area contributed by atoms with Crippen LogP contribution in [0.4, 0.5) is 10.5 Å². The van der Waals surface area contributed by atoms with E-state index in [1.54, 1.807) is 44.6 Å². The number of nitrogens with one attached hydrogen (secondary N) is 2. The number of hydrogen-bond acceptors (Lipinski definition) is 5. The lowest BCUT2D eigenvalue weighted by molar-refractivity contribution is -0.127. The number of methoxy groups -OCH3 is 2. The number of ether oxygens (including phenoxy) is 2. The van der Waals surface area contributed by atoms with E-state index in [0.717, 1.165) is 27.3 Å². The van der Waals surface area contributed by atoms with Gasteiger partial charge in [0.2, 0.25) is 5.91 Å². The fraction of sp³-hybridized carbons (Fsp3) is 0.115. The lowest BCUT2D eigenvalue weighted by Gasteiger charge is -2.12. The number of nitrogens with zero attached hydrogens (tertiary/aromatic N) is 1. The number of carbonyl (C=O) groups excluding carboxylic acids is 3. The van der Waals surface area contributed by atoms with Gasteiger partial charge in [0.25, 0.3) is 5.91 Å². The van der Waals surface area contributed by atoms with Crippen LogP contribution in [0.25, 0.3) is 17.2 Å². The van der Waals surface area contributed by atoms with Crippen LogP contribution in [-0.4, -0.2) is 43.5 Å². The molecule has 1 aliphatic rings. The maximum atomic E-state index is 12.7. The van der Waals surface area contributed by atoms with E-state index in [1.165, 1.54) is 0 Å². The normalized spacial score (nSPS) is 14.2. The highest BCUT2D eigenvalue weighted by atomic mass is 16.5. The summed E-state index contributed by atoms with van der Waals surface area (Å²) < 4.78 is 10.3. The zero-order valence-corrected chi connectivity index (χ0v) is 18.7. The minimum Gasteiger partial charge on any atom is -0.497 e. The first-order valence-corrected chi connectivity index (χ1v) is 10.5. The topological polar surface area (TPSA) is 97.0 Å². The Morgan fingerprint density at radius 3 is 1.94 bits per heavy atom. The highest BCUT2D eigenvalue weighted by Gasteiger charge is 2.34. The number of rotatable bonds is 7. The van der Waals surface area contributed by atoms with Crippen molar-refractivity contribution in [2.45, 2.75) is 0 Å². The SMILES string of the molecule is COc1ccc(NC(=O)CN2C(=O)NC(=Cc3ccc(-c4ccc(OC)cc4)cc3)C2=O)cc1. The van der Waals surface area contributed by atoms with Gasteiger partial charge in [0, 0.05) is 5.69 Å². The van der Waals surface area contributed by atoms with Crippen molar-refractivity contribution in [2.24, 2.45) is 0 Å². The molecule has 0 aromatic heterocycles. The van der Waals surface area contributed by atoms with Gasteiger partial charge in [-0.3, -0.25) is 9.59 Å². The Labute approximate surface area is 196 Å². The smallest absolute Gasteiger partial charge is 0.329 e. The molecule has 1 aliphatic heterocycles. The van der Waals surface area contributed by atoms with Crippen molar-refractivity contribution in [3.8, 4) is 22.6 Å². The summed E-state index contributed by atoms with van der Waals surface area (Å²) in [5, 5.41) is 5.19. The zero-order valence-electron chi connectivity index (χ0n) is 18.7. The van der Waals surface area contributed by atoms with Crippen molar-refractivity contribution in [2.75, 3.05) is 26.1 Å². The number of imide groups is 1. The molecule has 8 nitrogen and oxygen atoms in total. The second kappa shape index (κ2) is 9.91. The summed E-state index contributed by atoms with van der Waals surface area (Å²) in [4.78, 5) is 38.2. The second-order valence-corrected chi connectivity index (χ2v) is 7.51. The Morgan fingerprint density at radius 2 is 1.38 bits per heavy atom. The van der Waals surface area contributed by atoms with Gasteiger partial charge in [-0.2, -0.15) is 0 Å². The molecule has 1 heterocycles. The number of amides is 4. The molecule has 8 heteroatoms. The number of carbonyl (C=O) groups is 3. The fourth-order valence-corrected chi connectivity index (χ4v) is 3.46. The Bertz CT molecular complexity index is 1230. The third-order valence-corrected chi connectivity index (χ3v) is 5.28. The van der Waals surface area contributed by atoms with Crippen molar-refractivity contribution in [1.29, 1.82) is 0 Å². The summed E-state index contributed by atoms with van der Waals surface area (Å²) in [7, 11) is 3.17. The first-order valence-electron chi connectivity index (χ1n) is 10.5. The molecule has 1 fully saturated rings. The van der Waals surface area contributed by atoms with Gasteiger partial charge in [-0.25, -0.2) is 9.69 Å². The average Bonchev–Trinajstić information content (AvgIpc) is 3.12. The van der Waals surface area contributed by atoms with E-state index in [-0.39, 0.29) is 5.70 Å². The Hall–Kier alpha value is -4.59. The molecule has 0 unspecified atom stereocenters. The number of benzene rings is 3. The van der Waals surface area contributed by atoms with Gasteiger partial charge in [-0.15, -0.1) is 0 Å². The Morgan fingerprint density at radius 1 is 0.853 bits per heavy atom. The van der Waals surface area contributed by atoms with Crippen molar-refractivity contribution in [3.63, 3.8) is 0 Å². The molecular weight excluding hydrogens is 434 g/mol. The third kappa shape index (κ3) is 5.07. The molecule has 3 aromatic carbocycles. The zero-order chi connectivity index (χ0) is 24.1. The molecule has 172 valence electrons. The lowest BCUT2D eigenvalue weighted by Crippen LogP contribution is -2.38. The number of anilines is 1. The molecule has 0 atom stereocenters. The van der Waals surface area contributed by atoms with Gasteiger partial charge < -0.3 is 20.1 Å². The Balaban J connectivity index is 1.41. The van der Waals surface area contributed by atoms with Crippen LogP contribution in [0.15, 0.2) is 78.5 Å². The molecule has 0 bridgehead atoms.